The molecule has 120 valence electrons. The number of amides is 1. The summed E-state index contributed by atoms with van der Waals surface area (Å²) in [5, 5.41) is 2.51. The molecule has 0 aliphatic carbocycles. The van der Waals surface area contributed by atoms with Gasteiger partial charge in [0, 0.05) is 17.0 Å². The number of ether oxygens (including phenoxy) is 1. The highest BCUT2D eigenvalue weighted by molar-refractivity contribution is 7.98. The van der Waals surface area contributed by atoms with E-state index in [4.69, 9.17) is 4.74 Å². The van der Waals surface area contributed by atoms with Crippen LogP contribution in [0.25, 0.3) is 0 Å². The minimum atomic E-state index is -0.571. The first kappa shape index (κ1) is 17.0. The summed E-state index contributed by atoms with van der Waals surface area (Å²) in [7, 11) is 0. The van der Waals surface area contributed by atoms with Crippen molar-refractivity contribution < 1.29 is 18.7 Å². The quantitative estimate of drug-likeness (QED) is 0.652. The van der Waals surface area contributed by atoms with E-state index in [0.717, 1.165) is 4.90 Å². The minimum Gasteiger partial charge on any atom is -0.452 e. The summed E-state index contributed by atoms with van der Waals surface area (Å²) in [6, 6.07) is 13.1. The Morgan fingerprint density at radius 3 is 2.48 bits per heavy atom. The van der Waals surface area contributed by atoms with E-state index in [1.807, 2.05) is 6.26 Å². The normalized spacial score (nSPS) is 10.2. The maximum atomic E-state index is 13.4. The van der Waals surface area contributed by atoms with Crippen molar-refractivity contribution in [3.8, 4) is 0 Å². The SMILES string of the molecule is CSc1ccc(C(=O)OCC(=O)NCc2ccccc2F)cc1. The number of nitrogens with one attached hydrogen (secondary N) is 1. The first-order valence-corrected chi connectivity index (χ1v) is 8.14. The molecule has 4 nitrogen and oxygen atoms in total. The lowest BCUT2D eigenvalue weighted by molar-refractivity contribution is -0.124. The third-order valence-electron chi connectivity index (χ3n) is 3.09. The second-order valence-electron chi connectivity index (χ2n) is 4.67. The van der Waals surface area contributed by atoms with E-state index in [1.54, 1.807) is 54.2 Å². The molecule has 0 saturated heterocycles. The molecule has 2 rings (SSSR count). The Bertz CT molecular complexity index is 688. The molecule has 1 N–H and O–H groups in total. The van der Waals surface area contributed by atoms with Crippen LogP contribution in [0.2, 0.25) is 0 Å². The number of hydrogen-bond acceptors (Lipinski definition) is 4. The molecule has 0 unspecified atom stereocenters. The Balaban J connectivity index is 1.79. The number of hydrogen-bond donors (Lipinski definition) is 1. The van der Waals surface area contributed by atoms with E-state index in [9.17, 15) is 14.0 Å². The standard InChI is InChI=1S/C17H16FNO3S/c1-23-14-8-6-12(7-9-14)17(21)22-11-16(20)19-10-13-4-2-3-5-15(13)18/h2-9H,10-11H2,1H3,(H,19,20). The Labute approximate surface area is 138 Å². The van der Waals surface area contributed by atoms with E-state index in [-0.39, 0.29) is 6.54 Å². The molecule has 0 atom stereocenters. The van der Waals surface area contributed by atoms with Crippen LogP contribution in [-0.4, -0.2) is 24.7 Å². The highest BCUT2D eigenvalue weighted by Crippen LogP contribution is 2.15. The average molecular weight is 333 g/mol. The van der Waals surface area contributed by atoms with Gasteiger partial charge in [-0.3, -0.25) is 4.79 Å². The molecule has 0 radical (unpaired) electrons. The number of carbonyl (C=O) groups excluding carboxylic acids is 2. The molecule has 23 heavy (non-hydrogen) atoms. The number of halogens is 1. The molecule has 0 bridgehead atoms. The summed E-state index contributed by atoms with van der Waals surface area (Å²) >= 11 is 1.57. The molecule has 0 spiro atoms. The molecular weight excluding hydrogens is 317 g/mol. The Hall–Kier alpha value is -2.34. The van der Waals surface area contributed by atoms with Crippen LogP contribution in [-0.2, 0) is 16.1 Å². The van der Waals surface area contributed by atoms with Crippen LogP contribution in [0.3, 0.4) is 0 Å². The zero-order chi connectivity index (χ0) is 16.7. The van der Waals surface area contributed by atoms with Crippen molar-refractivity contribution in [2.75, 3.05) is 12.9 Å². The zero-order valence-electron chi connectivity index (χ0n) is 12.5. The average Bonchev–Trinajstić information content (AvgIpc) is 2.59. The van der Waals surface area contributed by atoms with Crippen molar-refractivity contribution in [2.24, 2.45) is 0 Å². The first-order valence-electron chi connectivity index (χ1n) is 6.91. The summed E-state index contributed by atoms with van der Waals surface area (Å²) in [4.78, 5) is 24.5. The fraction of sp³-hybridized carbons (Fsp3) is 0.176. The topological polar surface area (TPSA) is 55.4 Å². The number of carbonyl (C=O) groups is 2. The number of esters is 1. The van der Waals surface area contributed by atoms with Gasteiger partial charge in [-0.1, -0.05) is 18.2 Å². The largest absolute Gasteiger partial charge is 0.452 e. The van der Waals surface area contributed by atoms with Gasteiger partial charge in [0.25, 0.3) is 5.91 Å². The van der Waals surface area contributed by atoms with Gasteiger partial charge in [-0.2, -0.15) is 0 Å². The smallest absolute Gasteiger partial charge is 0.338 e. The van der Waals surface area contributed by atoms with E-state index in [1.165, 1.54) is 6.07 Å². The van der Waals surface area contributed by atoms with Gasteiger partial charge >= 0.3 is 5.97 Å². The molecule has 0 fully saturated rings. The highest BCUT2D eigenvalue weighted by Gasteiger charge is 2.10. The molecule has 2 aromatic rings. The lowest BCUT2D eigenvalue weighted by Gasteiger charge is -2.07. The third kappa shape index (κ3) is 5.10. The Morgan fingerprint density at radius 1 is 1.13 bits per heavy atom. The monoisotopic (exact) mass is 333 g/mol. The zero-order valence-corrected chi connectivity index (χ0v) is 13.4. The molecule has 0 heterocycles. The predicted octanol–water partition coefficient (Wildman–Crippen LogP) is 3.02. The van der Waals surface area contributed by atoms with Crippen molar-refractivity contribution in [3.63, 3.8) is 0 Å². The van der Waals surface area contributed by atoms with Gasteiger partial charge < -0.3 is 10.1 Å². The van der Waals surface area contributed by atoms with Crippen LogP contribution in [0.15, 0.2) is 53.4 Å². The highest BCUT2D eigenvalue weighted by atomic mass is 32.2. The molecule has 0 aliphatic rings. The van der Waals surface area contributed by atoms with Gasteiger partial charge in [0.15, 0.2) is 6.61 Å². The summed E-state index contributed by atoms with van der Waals surface area (Å²) in [5.41, 5.74) is 0.754. The maximum absolute atomic E-state index is 13.4. The van der Waals surface area contributed by atoms with Crippen LogP contribution < -0.4 is 5.32 Å². The van der Waals surface area contributed by atoms with Crippen molar-refractivity contribution in [1.29, 1.82) is 0 Å². The van der Waals surface area contributed by atoms with Crippen LogP contribution in [0.5, 0.6) is 0 Å². The summed E-state index contributed by atoms with van der Waals surface area (Å²) < 4.78 is 18.3. The predicted molar refractivity (Wildman–Crippen MR) is 86.8 cm³/mol. The number of thioether (sulfide) groups is 1. The van der Waals surface area contributed by atoms with Gasteiger partial charge in [0.1, 0.15) is 5.82 Å². The van der Waals surface area contributed by atoms with E-state index in [0.29, 0.717) is 11.1 Å². The van der Waals surface area contributed by atoms with Crippen LogP contribution in [0, 0.1) is 5.82 Å². The second kappa shape index (κ2) is 8.33. The van der Waals surface area contributed by atoms with Gasteiger partial charge in [-0.05, 0) is 36.6 Å². The number of benzene rings is 2. The van der Waals surface area contributed by atoms with Crippen LogP contribution >= 0.6 is 11.8 Å². The lowest BCUT2D eigenvalue weighted by atomic mass is 10.2. The van der Waals surface area contributed by atoms with Crippen molar-refractivity contribution in [3.05, 3.63) is 65.5 Å². The summed E-state index contributed by atoms with van der Waals surface area (Å²) in [6.07, 6.45) is 1.94. The molecule has 6 heteroatoms. The number of rotatable bonds is 6. The Morgan fingerprint density at radius 2 is 1.83 bits per heavy atom. The Kier molecular flexibility index (Phi) is 6.17. The molecular formula is C17H16FNO3S. The minimum absolute atomic E-state index is 0.0471. The van der Waals surface area contributed by atoms with E-state index in [2.05, 4.69) is 5.32 Å². The molecule has 0 aromatic heterocycles. The molecule has 0 aliphatic heterocycles. The molecule has 1 amide bonds. The lowest BCUT2D eigenvalue weighted by Crippen LogP contribution is -2.28. The van der Waals surface area contributed by atoms with E-state index >= 15 is 0 Å². The second-order valence-corrected chi connectivity index (χ2v) is 5.55. The summed E-state index contributed by atoms with van der Waals surface area (Å²) in [5.74, 6) is -1.44. The van der Waals surface area contributed by atoms with Crippen molar-refractivity contribution >= 4 is 23.6 Å². The fourth-order valence-corrected chi connectivity index (χ4v) is 2.24. The van der Waals surface area contributed by atoms with Gasteiger partial charge in [0.2, 0.25) is 0 Å². The van der Waals surface area contributed by atoms with Crippen LogP contribution in [0.1, 0.15) is 15.9 Å². The van der Waals surface area contributed by atoms with Gasteiger partial charge in [-0.25, -0.2) is 9.18 Å². The maximum Gasteiger partial charge on any atom is 0.338 e. The van der Waals surface area contributed by atoms with Crippen LogP contribution in [0.4, 0.5) is 4.39 Å². The molecule has 0 saturated carbocycles. The van der Waals surface area contributed by atoms with Gasteiger partial charge in [-0.15, -0.1) is 11.8 Å². The first-order chi connectivity index (χ1) is 11.1. The fourth-order valence-electron chi connectivity index (χ4n) is 1.83. The third-order valence-corrected chi connectivity index (χ3v) is 3.84. The van der Waals surface area contributed by atoms with Crippen molar-refractivity contribution in [1.82, 2.24) is 5.32 Å². The van der Waals surface area contributed by atoms with Crippen molar-refractivity contribution in [2.45, 2.75) is 11.4 Å². The molecule has 2 aromatic carbocycles. The van der Waals surface area contributed by atoms with E-state index < -0.39 is 24.3 Å². The summed E-state index contributed by atoms with van der Waals surface area (Å²) in [6.45, 7) is -0.358. The van der Waals surface area contributed by atoms with Gasteiger partial charge in [0.05, 0.1) is 5.56 Å².